The van der Waals surface area contributed by atoms with E-state index in [1.54, 1.807) is 0 Å². The molecule has 0 aliphatic carbocycles. The average molecular weight is 407 g/mol. The lowest BCUT2D eigenvalue weighted by molar-refractivity contribution is -0.137. The Hall–Kier alpha value is -3.23. The molecular weight excluding hydrogens is 387 g/mol. The van der Waals surface area contributed by atoms with Crippen LogP contribution >= 0.6 is 0 Å². The number of nitrogens with one attached hydrogen (secondary N) is 1. The van der Waals surface area contributed by atoms with Crippen LogP contribution in [-0.2, 0) is 6.18 Å². The summed E-state index contributed by atoms with van der Waals surface area (Å²) in [5.41, 5.74) is 5.32. The standard InChI is InChI=1S/C20H20F3N3O3/c1-3-5-11(2)25-19(27)16-17(26-29-18(16)24)15-9-8-14(28-15)12-6-4-7-13(10-12)20(21,22)23/h4,6-11H,3,5,24H2,1-2H3,(H,25,27). The third kappa shape index (κ3) is 4.44. The first-order chi connectivity index (χ1) is 13.7. The number of furan rings is 1. The molecule has 9 heteroatoms. The van der Waals surface area contributed by atoms with Gasteiger partial charge in [-0.25, -0.2) is 0 Å². The highest BCUT2D eigenvalue weighted by atomic mass is 19.4. The highest BCUT2D eigenvalue weighted by Gasteiger charge is 2.31. The Morgan fingerprint density at radius 1 is 1.24 bits per heavy atom. The number of hydrogen-bond donors (Lipinski definition) is 2. The van der Waals surface area contributed by atoms with Gasteiger partial charge in [0.1, 0.15) is 11.3 Å². The number of anilines is 1. The van der Waals surface area contributed by atoms with Crippen molar-refractivity contribution in [1.29, 1.82) is 0 Å². The summed E-state index contributed by atoms with van der Waals surface area (Å²) in [5, 5.41) is 6.60. The monoisotopic (exact) mass is 407 g/mol. The Morgan fingerprint density at radius 3 is 2.66 bits per heavy atom. The molecule has 2 aromatic heterocycles. The molecule has 2 heterocycles. The smallest absolute Gasteiger partial charge is 0.416 e. The summed E-state index contributed by atoms with van der Waals surface area (Å²) in [6, 6.07) is 7.67. The van der Waals surface area contributed by atoms with E-state index in [-0.39, 0.29) is 40.3 Å². The van der Waals surface area contributed by atoms with Crippen LogP contribution in [0.3, 0.4) is 0 Å². The molecule has 3 rings (SSSR count). The van der Waals surface area contributed by atoms with E-state index in [1.807, 2.05) is 13.8 Å². The molecule has 3 N–H and O–H groups in total. The molecule has 154 valence electrons. The number of alkyl halides is 3. The van der Waals surface area contributed by atoms with Crippen molar-refractivity contribution in [3.8, 4) is 22.8 Å². The van der Waals surface area contributed by atoms with Crippen molar-refractivity contribution in [2.24, 2.45) is 0 Å². The number of carbonyl (C=O) groups is 1. The van der Waals surface area contributed by atoms with E-state index >= 15 is 0 Å². The van der Waals surface area contributed by atoms with Crippen LogP contribution in [0.2, 0.25) is 0 Å². The van der Waals surface area contributed by atoms with Crippen LogP contribution < -0.4 is 11.1 Å². The molecule has 0 aliphatic heterocycles. The lowest BCUT2D eigenvalue weighted by Crippen LogP contribution is -2.32. The molecule has 0 saturated heterocycles. The van der Waals surface area contributed by atoms with Gasteiger partial charge in [0.2, 0.25) is 5.88 Å². The molecule has 0 fully saturated rings. The fraction of sp³-hybridized carbons (Fsp3) is 0.300. The zero-order chi connectivity index (χ0) is 21.2. The van der Waals surface area contributed by atoms with Gasteiger partial charge in [0, 0.05) is 11.6 Å². The maximum atomic E-state index is 12.9. The molecule has 3 aromatic rings. The second-order valence-corrected chi connectivity index (χ2v) is 6.68. The van der Waals surface area contributed by atoms with Gasteiger partial charge < -0.3 is 20.0 Å². The second-order valence-electron chi connectivity index (χ2n) is 6.68. The van der Waals surface area contributed by atoms with E-state index < -0.39 is 17.6 Å². The van der Waals surface area contributed by atoms with Crippen molar-refractivity contribution >= 4 is 11.8 Å². The van der Waals surface area contributed by atoms with Gasteiger partial charge in [-0.1, -0.05) is 30.6 Å². The zero-order valence-electron chi connectivity index (χ0n) is 15.8. The summed E-state index contributed by atoms with van der Waals surface area (Å²) in [5.74, 6) is -0.278. The fourth-order valence-corrected chi connectivity index (χ4v) is 2.96. The fourth-order valence-electron chi connectivity index (χ4n) is 2.96. The van der Waals surface area contributed by atoms with Gasteiger partial charge in [0.25, 0.3) is 5.91 Å². The maximum Gasteiger partial charge on any atom is 0.416 e. The second kappa shape index (κ2) is 8.02. The number of benzene rings is 1. The van der Waals surface area contributed by atoms with Crippen LogP contribution in [-0.4, -0.2) is 17.1 Å². The summed E-state index contributed by atoms with van der Waals surface area (Å²) < 4.78 is 49.4. The van der Waals surface area contributed by atoms with Crippen molar-refractivity contribution in [2.75, 3.05) is 5.73 Å². The number of halogens is 3. The minimum atomic E-state index is -4.47. The number of amides is 1. The van der Waals surface area contributed by atoms with Gasteiger partial charge in [-0.05, 0) is 37.6 Å². The first-order valence-electron chi connectivity index (χ1n) is 9.04. The van der Waals surface area contributed by atoms with Crippen molar-refractivity contribution in [2.45, 2.75) is 38.9 Å². The highest BCUT2D eigenvalue weighted by molar-refractivity contribution is 6.03. The van der Waals surface area contributed by atoms with E-state index in [0.717, 1.165) is 25.0 Å². The third-order valence-electron chi connectivity index (χ3n) is 4.36. The molecule has 6 nitrogen and oxygen atoms in total. The van der Waals surface area contributed by atoms with Gasteiger partial charge >= 0.3 is 6.18 Å². The summed E-state index contributed by atoms with van der Waals surface area (Å²) in [6.45, 7) is 3.86. The number of nitrogen functional groups attached to an aromatic ring is 1. The predicted octanol–water partition coefficient (Wildman–Crippen LogP) is 5.12. The van der Waals surface area contributed by atoms with Crippen molar-refractivity contribution in [1.82, 2.24) is 10.5 Å². The van der Waals surface area contributed by atoms with E-state index in [0.29, 0.717) is 0 Å². The molecule has 1 amide bonds. The Balaban J connectivity index is 1.91. The maximum absolute atomic E-state index is 12.9. The average Bonchev–Trinajstić information content (AvgIpc) is 3.28. The number of aromatic nitrogens is 1. The summed E-state index contributed by atoms with van der Waals surface area (Å²) in [4.78, 5) is 12.6. The topological polar surface area (TPSA) is 94.3 Å². The molecule has 0 radical (unpaired) electrons. The molecule has 0 bridgehead atoms. The van der Waals surface area contributed by atoms with E-state index in [4.69, 9.17) is 14.7 Å². The van der Waals surface area contributed by atoms with Crippen LogP contribution in [0, 0.1) is 0 Å². The van der Waals surface area contributed by atoms with Crippen molar-refractivity contribution in [3.05, 3.63) is 47.5 Å². The largest absolute Gasteiger partial charge is 0.454 e. The van der Waals surface area contributed by atoms with Gasteiger partial charge in [0.05, 0.1) is 5.56 Å². The van der Waals surface area contributed by atoms with E-state index in [1.165, 1.54) is 24.3 Å². The van der Waals surface area contributed by atoms with Crippen molar-refractivity contribution in [3.63, 3.8) is 0 Å². The summed E-state index contributed by atoms with van der Waals surface area (Å²) >= 11 is 0. The summed E-state index contributed by atoms with van der Waals surface area (Å²) in [7, 11) is 0. The normalized spacial score (nSPS) is 12.7. The Bertz CT molecular complexity index is 1010. The van der Waals surface area contributed by atoms with Crippen LogP contribution in [0.5, 0.6) is 0 Å². The number of hydrogen-bond acceptors (Lipinski definition) is 5. The molecule has 0 saturated carbocycles. The number of nitrogens with two attached hydrogens (primary N) is 1. The number of nitrogens with zero attached hydrogens (tertiary/aromatic N) is 1. The van der Waals surface area contributed by atoms with E-state index in [9.17, 15) is 18.0 Å². The third-order valence-corrected chi connectivity index (χ3v) is 4.36. The number of carbonyl (C=O) groups excluding carboxylic acids is 1. The highest BCUT2D eigenvalue weighted by Crippen LogP contribution is 2.35. The molecule has 1 atom stereocenters. The molecule has 29 heavy (non-hydrogen) atoms. The first kappa shape index (κ1) is 20.5. The Morgan fingerprint density at radius 2 is 1.97 bits per heavy atom. The molecule has 1 aromatic carbocycles. The Kier molecular flexibility index (Phi) is 5.67. The lowest BCUT2D eigenvalue weighted by atomic mass is 10.1. The molecular formula is C20H20F3N3O3. The molecule has 1 unspecified atom stereocenters. The van der Waals surface area contributed by atoms with Gasteiger partial charge in [0.15, 0.2) is 11.5 Å². The SMILES string of the molecule is CCCC(C)NC(=O)c1c(-c2ccc(-c3cccc(C(F)(F)F)c3)o2)noc1N. The van der Waals surface area contributed by atoms with Crippen LogP contribution in [0.25, 0.3) is 22.8 Å². The van der Waals surface area contributed by atoms with Gasteiger partial charge in [-0.2, -0.15) is 13.2 Å². The van der Waals surface area contributed by atoms with Crippen LogP contribution in [0.15, 0.2) is 45.3 Å². The minimum absolute atomic E-state index is 0.0258. The zero-order valence-corrected chi connectivity index (χ0v) is 15.8. The lowest BCUT2D eigenvalue weighted by Gasteiger charge is -2.12. The Labute approximate surface area is 164 Å². The van der Waals surface area contributed by atoms with E-state index in [2.05, 4.69) is 10.5 Å². The van der Waals surface area contributed by atoms with Gasteiger partial charge in [-0.15, -0.1) is 0 Å². The molecule has 0 aliphatic rings. The van der Waals surface area contributed by atoms with Crippen molar-refractivity contribution < 1.29 is 26.9 Å². The number of rotatable bonds is 6. The van der Waals surface area contributed by atoms with Gasteiger partial charge in [-0.3, -0.25) is 4.79 Å². The molecule has 0 spiro atoms. The predicted molar refractivity (Wildman–Crippen MR) is 101 cm³/mol. The summed E-state index contributed by atoms with van der Waals surface area (Å²) in [6.07, 6.45) is -2.79. The van der Waals surface area contributed by atoms with Crippen LogP contribution in [0.4, 0.5) is 19.1 Å². The first-order valence-corrected chi connectivity index (χ1v) is 9.04. The van der Waals surface area contributed by atoms with Crippen LogP contribution in [0.1, 0.15) is 42.6 Å². The quantitative estimate of drug-likeness (QED) is 0.591. The minimum Gasteiger partial charge on any atom is -0.454 e.